The Bertz CT molecular complexity index is 1690. The van der Waals surface area contributed by atoms with Crippen molar-refractivity contribution in [3.63, 3.8) is 0 Å². The van der Waals surface area contributed by atoms with Gasteiger partial charge < -0.3 is 10.1 Å². The second-order valence-corrected chi connectivity index (χ2v) is 10.3. The summed E-state index contributed by atoms with van der Waals surface area (Å²) in [5.74, 6) is -1.26. The predicted octanol–water partition coefficient (Wildman–Crippen LogP) is 5.99. The Hall–Kier alpha value is -3.97. The number of nitrogens with one attached hydrogen (secondary N) is 1. The van der Waals surface area contributed by atoms with Crippen LogP contribution in [-0.4, -0.2) is 33.3 Å². The minimum Gasteiger partial charge on any atom is -0.476 e. The molecule has 3 aromatic carbocycles. The van der Waals surface area contributed by atoms with E-state index in [0.717, 1.165) is 4.68 Å². The fourth-order valence-electron chi connectivity index (χ4n) is 3.61. The minimum atomic E-state index is -0.706. The summed E-state index contributed by atoms with van der Waals surface area (Å²) in [6.07, 6.45) is 1.30. The molecule has 39 heavy (non-hydrogen) atoms. The van der Waals surface area contributed by atoms with Gasteiger partial charge in [-0.2, -0.15) is 9.78 Å². The van der Waals surface area contributed by atoms with E-state index in [1.165, 1.54) is 36.5 Å². The molecule has 0 unspecified atom stereocenters. The summed E-state index contributed by atoms with van der Waals surface area (Å²) in [6.45, 7) is 3.13. The Kier molecular flexibility index (Phi) is 8.51. The van der Waals surface area contributed by atoms with Crippen LogP contribution in [0.2, 0.25) is 0 Å². The van der Waals surface area contributed by atoms with Crippen LogP contribution in [0.15, 0.2) is 73.4 Å². The molecule has 200 valence electrons. The summed E-state index contributed by atoms with van der Waals surface area (Å²) in [5, 5.41) is 18.8. The van der Waals surface area contributed by atoms with Crippen LogP contribution in [-0.2, 0) is 4.79 Å². The number of ether oxygens (including phenoxy) is 1. The van der Waals surface area contributed by atoms with Crippen LogP contribution in [0.25, 0.3) is 10.9 Å². The van der Waals surface area contributed by atoms with Gasteiger partial charge in [-0.15, -0.1) is 0 Å². The molecule has 1 N–H and O–H groups in total. The lowest BCUT2D eigenvalue weighted by Crippen LogP contribution is -2.23. The number of carbonyl (C=O) groups excluding carboxylic acids is 1. The highest BCUT2D eigenvalue weighted by Gasteiger charge is 2.22. The first-order valence-electron chi connectivity index (χ1n) is 11.5. The van der Waals surface area contributed by atoms with Crippen LogP contribution in [0.4, 0.5) is 15.8 Å². The number of anilines is 1. The Labute approximate surface area is 237 Å². The standard InChI is InChI=1S/C26H20Br2FN5O5/c1-14(2)25-32-20-8-7-16(27)11-17(20)26(36)33(25)30-12-15-9-18(28)24(22(10-15)34(37)38)39-13-23(35)31-21-6-4-3-5-19(21)29/h3-12,14H,13H2,1-2H3,(H,31,35). The lowest BCUT2D eigenvalue weighted by molar-refractivity contribution is -0.385. The molecule has 0 fully saturated rings. The Morgan fingerprint density at radius 3 is 2.67 bits per heavy atom. The molecule has 13 heteroatoms. The molecule has 0 aliphatic heterocycles. The first kappa shape index (κ1) is 28.0. The van der Waals surface area contributed by atoms with E-state index in [9.17, 15) is 24.1 Å². The lowest BCUT2D eigenvalue weighted by atomic mass is 10.2. The van der Waals surface area contributed by atoms with Crippen LogP contribution in [0.1, 0.15) is 31.2 Å². The largest absolute Gasteiger partial charge is 0.476 e. The summed E-state index contributed by atoms with van der Waals surface area (Å²) >= 11 is 6.60. The summed E-state index contributed by atoms with van der Waals surface area (Å²) in [7, 11) is 0. The SMILES string of the molecule is CC(C)c1nc2ccc(Br)cc2c(=O)n1N=Cc1cc(Br)c(OCC(=O)Nc2ccccc2F)c([N+](=O)[O-])c1. The number of carbonyl (C=O) groups is 1. The first-order valence-corrected chi connectivity index (χ1v) is 13.1. The van der Waals surface area contributed by atoms with E-state index in [1.54, 1.807) is 24.3 Å². The Morgan fingerprint density at radius 2 is 1.97 bits per heavy atom. The fraction of sp³-hybridized carbons (Fsp3) is 0.154. The highest BCUT2D eigenvalue weighted by atomic mass is 79.9. The quantitative estimate of drug-likeness (QED) is 0.140. The number of nitrogens with zero attached hydrogens (tertiary/aromatic N) is 4. The zero-order valence-electron chi connectivity index (χ0n) is 20.5. The van der Waals surface area contributed by atoms with Gasteiger partial charge in [0.15, 0.2) is 6.61 Å². The van der Waals surface area contributed by atoms with Gasteiger partial charge in [-0.05, 0) is 52.3 Å². The molecule has 4 aromatic rings. The van der Waals surface area contributed by atoms with Crippen molar-refractivity contribution < 1.29 is 18.8 Å². The normalized spacial score (nSPS) is 11.3. The molecule has 0 saturated heterocycles. The molecule has 0 spiro atoms. The van der Waals surface area contributed by atoms with E-state index in [-0.39, 0.29) is 27.4 Å². The average Bonchev–Trinajstić information content (AvgIpc) is 2.88. The molecule has 0 saturated carbocycles. The minimum absolute atomic E-state index is 0.0437. The number of hydrogen-bond acceptors (Lipinski definition) is 7. The van der Waals surface area contributed by atoms with E-state index in [0.29, 0.717) is 21.2 Å². The fourth-order valence-corrected chi connectivity index (χ4v) is 4.56. The van der Waals surface area contributed by atoms with Crippen molar-refractivity contribution in [2.75, 3.05) is 11.9 Å². The second kappa shape index (κ2) is 11.8. The van der Waals surface area contributed by atoms with E-state index in [1.807, 2.05) is 13.8 Å². The van der Waals surface area contributed by atoms with Gasteiger partial charge in [0, 0.05) is 22.0 Å². The third kappa shape index (κ3) is 6.37. The van der Waals surface area contributed by atoms with Crippen LogP contribution in [0.3, 0.4) is 0 Å². The molecule has 0 radical (unpaired) electrons. The molecule has 1 amide bonds. The van der Waals surface area contributed by atoms with Crippen molar-refractivity contribution in [1.82, 2.24) is 9.66 Å². The van der Waals surface area contributed by atoms with Crippen LogP contribution >= 0.6 is 31.9 Å². The number of hydrogen-bond donors (Lipinski definition) is 1. The number of amides is 1. The molecule has 0 aliphatic carbocycles. The molecule has 0 aliphatic rings. The van der Waals surface area contributed by atoms with Crippen LogP contribution < -0.4 is 15.6 Å². The average molecular weight is 661 g/mol. The maximum absolute atomic E-state index is 13.8. The van der Waals surface area contributed by atoms with E-state index in [2.05, 4.69) is 47.3 Å². The third-order valence-corrected chi connectivity index (χ3v) is 6.49. The Balaban J connectivity index is 1.64. The maximum atomic E-state index is 13.8. The van der Waals surface area contributed by atoms with E-state index in [4.69, 9.17) is 4.74 Å². The molecule has 4 rings (SSSR count). The third-order valence-electron chi connectivity index (χ3n) is 5.41. The van der Waals surface area contributed by atoms with E-state index >= 15 is 0 Å². The molecule has 0 bridgehead atoms. The van der Waals surface area contributed by atoms with Gasteiger partial charge in [0.25, 0.3) is 11.5 Å². The van der Waals surface area contributed by atoms with Crippen molar-refractivity contribution >= 4 is 66.3 Å². The number of aromatic nitrogens is 2. The lowest BCUT2D eigenvalue weighted by Gasteiger charge is -2.12. The van der Waals surface area contributed by atoms with Crippen molar-refractivity contribution in [2.45, 2.75) is 19.8 Å². The zero-order valence-corrected chi connectivity index (χ0v) is 23.7. The van der Waals surface area contributed by atoms with E-state index < -0.39 is 34.5 Å². The predicted molar refractivity (Wildman–Crippen MR) is 152 cm³/mol. The van der Waals surface area contributed by atoms with Crippen molar-refractivity contribution in [2.24, 2.45) is 5.10 Å². The molecule has 1 heterocycles. The number of para-hydroxylation sites is 1. The van der Waals surface area contributed by atoms with Crippen molar-refractivity contribution in [3.05, 3.63) is 101 Å². The monoisotopic (exact) mass is 659 g/mol. The number of nitro groups is 1. The summed E-state index contributed by atoms with van der Waals surface area (Å²) in [4.78, 5) is 41.1. The first-order chi connectivity index (χ1) is 18.5. The van der Waals surface area contributed by atoms with Gasteiger partial charge in [0.05, 0.1) is 32.2 Å². The second-order valence-electron chi connectivity index (χ2n) is 8.57. The van der Waals surface area contributed by atoms with Crippen LogP contribution in [0, 0.1) is 15.9 Å². The molecule has 1 aromatic heterocycles. The number of rotatable bonds is 8. The summed E-state index contributed by atoms with van der Waals surface area (Å²) in [5.41, 5.74) is -0.0696. The molecular formula is C26H20Br2FN5O5. The van der Waals surface area contributed by atoms with Crippen molar-refractivity contribution in [3.8, 4) is 5.75 Å². The number of nitro benzene ring substituents is 1. The number of halogens is 3. The van der Waals surface area contributed by atoms with Crippen molar-refractivity contribution in [1.29, 1.82) is 0 Å². The maximum Gasteiger partial charge on any atom is 0.312 e. The topological polar surface area (TPSA) is 129 Å². The number of fused-ring (bicyclic) bond motifs is 1. The van der Waals surface area contributed by atoms with Gasteiger partial charge in [0.2, 0.25) is 5.75 Å². The highest BCUT2D eigenvalue weighted by Crippen LogP contribution is 2.36. The van der Waals surface area contributed by atoms with Gasteiger partial charge in [0.1, 0.15) is 11.6 Å². The summed E-state index contributed by atoms with van der Waals surface area (Å²) < 4.78 is 21.2. The smallest absolute Gasteiger partial charge is 0.312 e. The number of benzene rings is 3. The van der Waals surface area contributed by atoms with Gasteiger partial charge in [-0.3, -0.25) is 19.7 Å². The highest BCUT2D eigenvalue weighted by molar-refractivity contribution is 9.10. The molecule has 10 nitrogen and oxygen atoms in total. The molecular weight excluding hydrogens is 641 g/mol. The Morgan fingerprint density at radius 1 is 1.23 bits per heavy atom. The van der Waals surface area contributed by atoms with Gasteiger partial charge in [-0.25, -0.2) is 9.37 Å². The van der Waals surface area contributed by atoms with Gasteiger partial charge in [-0.1, -0.05) is 41.9 Å². The summed E-state index contributed by atoms with van der Waals surface area (Å²) in [6, 6.07) is 13.4. The van der Waals surface area contributed by atoms with Crippen LogP contribution in [0.5, 0.6) is 5.75 Å². The zero-order chi connectivity index (χ0) is 28.3. The van der Waals surface area contributed by atoms with Gasteiger partial charge >= 0.3 is 5.69 Å². The molecule has 0 atom stereocenters.